The van der Waals surface area contributed by atoms with Crippen molar-refractivity contribution in [2.75, 3.05) is 12.4 Å². The monoisotopic (exact) mass is 303 g/mol. The Morgan fingerprint density at radius 2 is 1.95 bits per heavy atom. The van der Waals surface area contributed by atoms with Crippen LogP contribution in [0.2, 0.25) is 0 Å². The number of benzene rings is 1. The van der Waals surface area contributed by atoms with E-state index >= 15 is 0 Å². The topological polar surface area (TPSA) is 62.3 Å². The first kappa shape index (κ1) is 15.2. The molecule has 0 saturated carbocycles. The van der Waals surface area contributed by atoms with Crippen LogP contribution in [0, 0.1) is 6.92 Å². The number of ketones is 1. The van der Waals surface area contributed by atoms with Gasteiger partial charge in [0.25, 0.3) is 0 Å². The summed E-state index contributed by atoms with van der Waals surface area (Å²) in [6.45, 7) is 3.96. The molecule has 110 valence electrons. The van der Waals surface area contributed by atoms with Crippen molar-refractivity contribution in [1.29, 1.82) is 0 Å². The van der Waals surface area contributed by atoms with Crippen LogP contribution >= 0.6 is 11.3 Å². The van der Waals surface area contributed by atoms with Crippen molar-refractivity contribution in [3.05, 3.63) is 45.9 Å². The zero-order valence-corrected chi connectivity index (χ0v) is 13.0. The van der Waals surface area contributed by atoms with Gasteiger partial charge in [-0.2, -0.15) is 0 Å². The number of urea groups is 1. The van der Waals surface area contributed by atoms with E-state index in [-0.39, 0.29) is 11.8 Å². The molecule has 0 radical (unpaired) electrons. The van der Waals surface area contributed by atoms with Crippen molar-refractivity contribution < 1.29 is 9.59 Å². The third-order valence-electron chi connectivity index (χ3n) is 3.12. The minimum Gasteiger partial charge on any atom is -0.322 e. The Balaban J connectivity index is 1.97. The minimum atomic E-state index is -0.196. The van der Waals surface area contributed by atoms with Crippen LogP contribution in [-0.2, 0) is 6.54 Å². The molecule has 2 rings (SSSR count). The highest BCUT2D eigenvalue weighted by Gasteiger charge is 2.12. The number of aryl methyl sites for hydroxylation is 1. The van der Waals surface area contributed by atoms with E-state index in [4.69, 9.17) is 0 Å². The average molecular weight is 303 g/mol. The summed E-state index contributed by atoms with van der Waals surface area (Å²) in [4.78, 5) is 30.1. The molecule has 0 fully saturated rings. The number of carbonyl (C=O) groups excluding carboxylic acids is 2. The number of rotatable bonds is 4. The van der Waals surface area contributed by atoms with Gasteiger partial charge in [0.15, 0.2) is 5.78 Å². The van der Waals surface area contributed by atoms with Crippen LogP contribution in [0.5, 0.6) is 0 Å². The second-order valence-electron chi connectivity index (χ2n) is 4.78. The Hall–Kier alpha value is -2.21. The summed E-state index contributed by atoms with van der Waals surface area (Å²) < 4.78 is 0. The Bertz CT molecular complexity index is 649. The Kier molecular flexibility index (Phi) is 4.70. The molecule has 0 bridgehead atoms. The number of nitrogens with zero attached hydrogens (tertiary/aromatic N) is 2. The van der Waals surface area contributed by atoms with Crippen LogP contribution in [0.15, 0.2) is 29.8 Å². The molecule has 0 spiro atoms. The summed E-state index contributed by atoms with van der Waals surface area (Å²) in [5.41, 5.74) is 4.02. The van der Waals surface area contributed by atoms with Crippen LogP contribution in [0.1, 0.15) is 27.9 Å². The van der Waals surface area contributed by atoms with Gasteiger partial charge in [-0.1, -0.05) is 0 Å². The fraction of sp³-hybridized carbons (Fsp3) is 0.267. The zero-order chi connectivity index (χ0) is 15.4. The third kappa shape index (κ3) is 3.88. The smallest absolute Gasteiger partial charge is 0.321 e. The molecule has 0 atom stereocenters. The quantitative estimate of drug-likeness (QED) is 0.881. The molecule has 1 aromatic carbocycles. The first-order valence-corrected chi connectivity index (χ1v) is 7.37. The normalized spacial score (nSPS) is 10.2. The Morgan fingerprint density at radius 1 is 1.29 bits per heavy atom. The van der Waals surface area contributed by atoms with Crippen molar-refractivity contribution in [1.82, 2.24) is 9.88 Å². The highest BCUT2D eigenvalue weighted by Crippen LogP contribution is 2.15. The van der Waals surface area contributed by atoms with Gasteiger partial charge in [0, 0.05) is 23.2 Å². The van der Waals surface area contributed by atoms with Crippen molar-refractivity contribution >= 4 is 28.8 Å². The molecule has 0 aliphatic rings. The summed E-state index contributed by atoms with van der Waals surface area (Å²) in [7, 11) is 1.73. The van der Waals surface area contributed by atoms with Gasteiger partial charge in [-0.15, -0.1) is 11.3 Å². The number of nitrogens with one attached hydrogen (secondary N) is 1. The highest BCUT2D eigenvalue weighted by molar-refractivity contribution is 7.09. The van der Waals surface area contributed by atoms with Gasteiger partial charge in [0.2, 0.25) is 0 Å². The number of thiazole rings is 1. The van der Waals surface area contributed by atoms with Crippen molar-refractivity contribution in [3.8, 4) is 0 Å². The van der Waals surface area contributed by atoms with Crippen molar-refractivity contribution in [2.24, 2.45) is 0 Å². The SMILES string of the molecule is CC(=O)c1ccc(NC(=O)N(C)Cc2scnc2C)cc1. The number of anilines is 1. The lowest BCUT2D eigenvalue weighted by molar-refractivity contribution is 0.101. The molecule has 0 aliphatic heterocycles. The van der Waals surface area contributed by atoms with E-state index in [0.717, 1.165) is 10.6 Å². The second kappa shape index (κ2) is 6.49. The molecule has 1 heterocycles. The van der Waals surface area contributed by atoms with Gasteiger partial charge in [-0.05, 0) is 38.1 Å². The summed E-state index contributed by atoms with van der Waals surface area (Å²) in [5, 5.41) is 2.80. The van der Waals surface area contributed by atoms with Crippen molar-refractivity contribution in [3.63, 3.8) is 0 Å². The molecular weight excluding hydrogens is 286 g/mol. The minimum absolute atomic E-state index is 0.00525. The Labute approximate surface area is 127 Å². The number of aromatic nitrogens is 1. The number of hydrogen-bond donors (Lipinski definition) is 1. The fourth-order valence-electron chi connectivity index (χ4n) is 1.77. The van der Waals surface area contributed by atoms with Crippen LogP contribution < -0.4 is 5.32 Å². The molecular formula is C15H17N3O2S. The Morgan fingerprint density at radius 3 is 2.48 bits per heavy atom. The van der Waals surface area contributed by atoms with Gasteiger partial charge in [0.1, 0.15) is 0 Å². The second-order valence-corrected chi connectivity index (χ2v) is 5.72. The molecule has 5 nitrogen and oxygen atoms in total. The fourth-order valence-corrected chi connectivity index (χ4v) is 2.60. The number of Topliss-reactive ketones (excluding diaryl/α,β-unsaturated/α-hetero) is 1. The van der Waals surface area contributed by atoms with Crippen LogP contribution in [0.25, 0.3) is 0 Å². The van der Waals surface area contributed by atoms with Gasteiger partial charge < -0.3 is 10.2 Å². The molecule has 1 aromatic heterocycles. The molecule has 6 heteroatoms. The van der Waals surface area contributed by atoms with Gasteiger partial charge in [-0.25, -0.2) is 9.78 Å². The third-order valence-corrected chi connectivity index (χ3v) is 4.03. The molecule has 2 aromatic rings. The number of amides is 2. The molecule has 0 unspecified atom stereocenters. The predicted molar refractivity (Wildman–Crippen MR) is 83.8 cm³/mol. The summed E-state index contributed by atoms with van der Waals surface area (Å²) >= 11 is 1.54. The number of hydrogen-bond acceptors (Lipinski definition) is 4. The lowest BCUT2D eigenvalue weighted by atomic mass is 10.1. The van der Waals surface area contributed by atoms with E-state index in [9.17, 15) is 9.59 Å². The number of carbonyl (C=O) groups is 2. The molecule has 2 amide bonds. The lowest BCUT2D eigenvalue weighted by Crippen LogP contribution is -2.30. The maximum Gasteiger partial charge on any atom is 0.321 e. The molecule has 0 aliphatic carbocycles. The maximum atomic E-state index is 12.1. The summed E-state index contributed by atoms with van der Waals surface area (Å²) in [6.07, 6.45) is 0. The van der Waals surface area contributed by atoms with Gasteiger partial charge >= 0.3 is 6.03 Å². The molecule has 21 heavy (non-hydrogen) atoms. The van der Waals surface area contributed by atoms with Gasteiger partial charge in [0.05, 0.1) is 17.7 Å². The zero-order valence-electron chi connectivity index (χ0n) is 12.2. The van der Waals surface area contributed by atoms with Crippen molar-refractivity contribution in [2.45, 2.75) is 20.4 Å². The predicted octanol–water partition coefficient (Wildman–Crippen LogP) is 3.32. The molecule has 1 N–H and O–H groups in total. The van der Waals surface area contributed by atoms with E-state index in [2.05, 4.69) is 10.3 Å². The van der Waals surface area contributed by atoms with Gasteiger partial charge in [-0.3, -0.25) is 4.79 Å². The van der Waals surface area contributed by atoms with Crippen LogP contribution in [0.4, 0.5) is 10.5 Å². The summed E-state index contributed by atoms with van der Waals surface area (Å²) in [6, 6.07) is 6.65. The summed E-state index contributed by atoms with van der Waals surface area (Å²) in [5.74, 6) is 0.00525. The van der Waals surface area contributed by atoms with E-state index in [1.54, 1.807) is 41.7 Å². The first-order chi connectivity index (χ1) is 9.97. The van der Waals surface area contributed by atoms with E-state index in [0.29, 0.717) is 17.8 Å². The molecule has 0 saturated heterocycles. The lowest BCUT2D eigenvalue weighted by Gasteiger charge is -2.17. The van der Waals surface area contributed by atoms with E-state index in [1.165, 1.54) is 18.3 Å². The largest absolute Gasteiger partial charge is 0.322 e. The highest BCUT2D eigenvalue weighted by atomic mass is 32.1. The average Bonchev–Trinajstić information content (AvgIpc) is 2.84. The standard InChI is InChI=1S/C15H17N3O2S/c1-10-14(21-9-16-10)8-18(3)15(20)17-13-6-4-12(5-7-13)11(2)19/h4-7,9H,8H2,1-3H3,(H,17,20). The van der Waals surface area contributed by atoms with E-state index < -0.39 is 0 Å². The first-order valence-electron chi connectivity index (χ1n) is 6.49. The van der Waals surface area contributed by atoms with Crippen LogP contribution in [-0.4, -0.2) is 28.7 Å². The van der Waals surface area contributed by atoms with Crippen LogP contribution in [0.3, 0.4) is 0 Å². The van der Waals surface area contributed by atoms with E-state index in [1.807, 2.05) is 6.92 Å². The maximum absolute atomic E-state index is 12.1.